The van der Waals surface area contributed by atoms with Crippen LogP contribution in [-0.2, 0) is 6.54 Å². The van der Waals surface area contributed by atoms with Gasteiger partial charge in [0, 0.05) is 0 Å². The SMILES string of the molecule is CCCCCCCC/C=C\CCCCCCCCC(CCCCC(CCCCCCCCCCCCCC)CCCCCCCCCCCCCC)n1cc[n+](CC)c1. The van der Waals surface area contributed by atoms with Gasteiger partial charge in [-0.15, -0.1) is 0 Å². The van der Waals surface area contributed by atoms with Crippen LogP contribution < -0.4 is 4.57 Å². The Morgan fingerprint density at radius 3 is 0.983 bits per heavy atom. The normalized spacial score (nSPS) is 12.5. The molecule has 1 aromatic rings. The predicted octanol–water partition coefficient (Wildman–Crippen LogP) is 20.1. The molecule has 0 aliphatic rings. The molecule has 1 unspecified atom stereocenters. The second-order valence-electron chi connectivity index (χ2n) is 19.6. The minimum absolute atomic E-state index is 0.686. The first kappa shape index (κ1) is 56.0. The molecule has 0 radical (unpaired) electrons. The zero-order valence-corrected chi connectivity index (χ0v) is 41.5. The molecule has 348 valence electrons. The van der Waals surface area contributed by atoms with Crippen LogP contribution in [0, 0.1) is 5.92 Å². The van der Waals surface area contributed by atoms with Gasteiger partial charge in [-0.05, 0) is 64.2 Å². The molecule has 0 saturated heterocycles. The molecular formula is C57H111N2+. The molecule has 0 N–H and O–H groups in total. The van der Waals surface area contributed by atoms with Crippen molar-refractivity contribution in [2.75, 3.05) is 0 Å². The van der Waals surface area contributed by atoms with Crippen molar-refractivity contribution in [1.82, 2.24) is 4.57 Å². The summed E-state index contributed by atoms with van der Waals surface area (Å²) < 4.78 is 4.95. The molecule has 0 bridgehead atoms. The lowest BCUT2D eigenvalue weighted by molar-refractivity contribution is -0.693. The molecule has 2 heteroatoms. The van der Waals surface area contributed by atoms with Gasteiger partial charge in [-0.3, -0.25) is 0 Å². The van der Waals surface area contributed by atoms with Crippen molar-refractivity contribution in [3.63, 3.8) is 0 Å². The molecule has 0 aliphatic heterocycles. The molecule has 0 aliphatic carbocycles. The van der Waals surface area contributed by atoms with Crippen LogP contribution >= 0.6 is 0 Å². The zero-order chi connectivity index (χ0) is 42.4. The maximum atomic E-state index is 2.58. The standard InChI is InChI=1S/C57H111N2/c1-5-9-12-15-18-21-24-27-28-29-30-33-36-39-42-45-51-57(59-54-53-58(8-4)55-59)52-47-46-50-56(48-43-40-37-34-31-25-22-19-16-13-10-6-2)49-44-41-38-35-32-26-23-20-17-14-11-7-3/h27-28,53-57H,5-26,29-52H2,1-4H3/q+1/b28-27-. The van der Waals surface area contributed by atoms with Gasteiger partial charge >= 0.3 is 0 Å². The Morgan fingerprint density at radius 1 is 0.356 bits per heavy atom. The van der Waals surface area contributed by atoms with E-state index >= 15 is 0 Å². The van der Waals surface area contributed by atoms with Crippen molar-refractivity contribution < 1.29 is 4.57 Å². The van der Waals surface area contributed by atoms with E-state index in [-0.39, 0.29) is 0 Å². The van der Waals surface area contributed by atoms with Gasteiger partial charge in [-0.25, -0.2) is 9.13 Å². The Kier molecular flexibility index (Phi) is 44.1. The van der Waals surface area contributed by atoms with Crippen LogP contribution in [0.15, 0.2) is 30.9 Å². The zero-order valence-electron chi connectivity index (χ0n) is 41.5. The Morgan fingerprint density at radius 2 is 0.644 bits per heavy atom. The van der Waals surface area contributed by atoms with Crippen LogP contribution in [-0.4, -0.2) is 4.57 Å². The minimum Gasteiger partial charge on any atom is -0.237 e. The van der Waals surface area contributed by atoms with Crippen molar-refractivity contribution >= 4 is 0 Å². The van der Waals surface area contributed by atoms with Crippen LogP contribution in [0.2, 0.25) is 0 Å². The van der Waals surface area contributed by atoms with Gasteiger partial charge in [-0.2, -0.15) is 0 Å². The van der Waals surface area contributed by atoms with Gasteiger partial charge in [0.15, 0.2) is 0 Å². The first-order valence-electron chi connectivity index (χ1n) is 28.0. The Labute approximate surface area is 373 Å². The quantitative estimate of drug-likeness (QED) is 0.0352. The number of hydrogen-bond donors (Lipinski definition) is 0. The summed E-state index contributed by atoms with van der Waals surface area (Å²) in [7, 11) is 0. The van der Waals surface area contributed by atoms with Gasteiger partial charge in [0.1, 0.15) is 18.4 Å². The number of imidazole rings is 1. The van der Waals surface area contributed by atoms with E-state index < -0.39 is 0 Å². The molecule has 1 heterocycles. The molecule has 0 aromatic carbocycles. The third-order valence-electron chi connectivity index (χ3n) is 13.9. The van der Waals surface area contributed by atoms with Crippen molar-refractivity contribution in [3.8, 4) is 0 Å². The molecule has 0 fully saturated rings. The number of allylic oxidation sites excluding steroid dienone is 2. The average molecular weight is 825 g/mol. The molecule has 1 rings (SSSR count). The van der Waals surface area contributed by atoms with Gasteiger partial charge in [0.25, 0.3) is 0 Å². The minimum atomic E-state index is 0.686. The molecule has 1 aromatic heterocycles. The van der Waals surface area contributed by atoms with Gasteiger partial charge in [-0.1, -0.05) is 270 Å². The highest BCUT2D eigenvalue weighted by molar-refractivity contribution is 4.81. The third kappa shape index (κ3) is 38.4. The van der Waals surface area contributed by atoms with Crippen molar-refractivity contribution in [2.24, 2.45) is 5.92 Å². The summed E-state index contributed by atoms with van der Waals surface area (Å²) in [5, 5.41) is 0. The number of rotatable bonds is 49. The van der Waals surface area contributed by atoms with Crippen LogP contribution in [0.4, 0.5) is 0 Å². The van der Waals surface area contributed by atoms with Crippen LogP contribution in [0.1, 0.15) is 323 Å². The first-order valence-corrected chi connectivity index (χ1v) is 28.0. The summed E-state index contributed by atoms with van der Waals surface area (Å²) in [6.07, 6.45) is 76.7. The smallest absolute Gasteiger partial charge is 0.237 e. The largest absolute Gasteiger partial charge is 0.243 e. The number of hydrogen-bond acceptors (Lipinski definition) is 0. The lowest BCUT2D eigenvalue weighted by atomic mass is 9.89. The van der Waals surface area contributed by atoms with E-state index in [9.17, 15) is 0 Å². The molecule has 59 heavy (non-hydrogen) atoms. The number of unbranched alkanes of at least 4 members (excludes halogenated alkanes) is 35. The number of nitrogens with zero attached hydrogens (tertiary/aromatic N) is 2. The summed E-state index contributed by atoms with van der Waals surface area (Å²) >= 11 is 0. The molecule has 2 nitrogen and oxygen atoms in total. The fourth-order valence-electron chi connectivity index (χ4n) is 9.68. The summed E-state index contributed by atoms with van der Waals surface area (Å²) in [6, 6.07) is 0.686. The second kappa shape index (κ2) is 46.5. The summed E-state index contributed by atoms with van der Waals surface area (Å²) in [5.74, 6) is 0.976. The van der Waals surface area contributed by atoms with E-state index in [1.807, 2.05) is 0 Å². The van der Waals surface area contributed by atoms with Crippen LogP contribution in [0.3, 0.4) is 0 Å². The highest BCUT2D eigenvalue weighted by Crippen LogP contribution is 2.28. The van der Waals surface area contributed by atoms with Gasteiger partial charge in [0.05, 0.1) is 6.54 Å². The highest BCUT2D eigenvalue weighted by atomic mass is 15.1. The molecule has 0 amide bonds. The average Bonchev–Trinajstić information content (AvgIpc) is 3.74. The summed E-state index contributed by atoms with van der Waals surface area (Å²) in [6.45, 7) is 10.3. The lowest BCUT2D eigenvalue weighted by Crippen LogP contribution is -2.29. The Bertz CT molecular complexity index is 918. The maximum absolute atomic E-state index is 2.58. The predicted molar refractivity (Wildman–Crippen MR) is 267 cm³/mol. The van der Waals surface area contributed by atoms with Crippen molar-refractivity contribution in [2.45, 2.75) is 329 Å². The molecule has 0 spiro atoms. The Balaban J connectivity index is 2.38. The fourth-order valence-corrected chi connectivity index (χ4v) is 9.68. The topological polar surface area (TPSA) is 8.81 Å². The van der Waals surface area contributed by atoms with E-state index in [4.69, 9.17) is 0 Å². The fraction of sp³-hybridized carbons (Fsp3) is 0.912. The lowest BCUT2D eigenvalue weighted by Gasteiger charge is -2.18. The second-order valence-corrected chi connectivity index (χ2v) is 19.6. The summed E-state index contributed by atoms with van der Waals surface area (Å²) in [5.41, 5.74) is 0. The third-order valence-corrected chi connectivity index (χ3v) is 13.9. The van der Waals surface area contributed by atoms with Gasteiger partial charge < -0.3 is 0 Å². The highest BCUT2D eigenvalue weighted by Gasteiger charge is 2.17. The van der Waals surface area contributed by atoms with E-state index in [0.717, 1.165) is 12.5 Å². The maximum Gasteiger partial charge on any atom is 0.243 e. The van der Waals surface area contributed by atoms with Gasteiger partial charge in [0.2, 0.25) is 6.33 Å². The van der Waals surface area contributed by atoms with E-state index in [0.29, 0.717) is 6.04 Å². The monoisotopic (exact) mass is 824 g/mol. The van der Waals surface area contributed by atoms with Crippen molar-refractivity contribution in [1.29, 1.82) is 0 Å². The Hall–Kier alpha value is -1.05. The van der Waals surface area contributed by atoms with Crippen LogP contribution in [0.25, 0.3) is 0 Å². The van der Waals surface area contributed by atoms with E-state index in [2.05, 4.69) is 67.7 Å². The number of aromatic nitrogens is 2. The van der Waals surface area contributed by atoms with E-state index in [1.165, 1.54) is 289 Å². The van der Waals surface area contributed by atoms with Crippen molar-refractivity contribution in [3.05, 3.63) is 30.9 Å². The molecule has 1 atom stereocenters. The first-order chi connectivity index (χ1) is 29.2. The van der Waals surface area contributed by atoms with E-state index in [1.54, 1.807) is 0 Å². The number of aryl methyl sites for hydroxylation is 1. The molecular weight excluding hydrogens is 713 g/mol. The molecule has 0 saturated carbocycles. The summed E-state index contributed by atoms with van der Waals surface area (Å²) in [4.78, 5) is 0. The van der Waals surface area contributed by atoms with Crippen LogP contribution in [0.5, 0.6) is 0 Å².